The molecule has 1 atom stereocenters. The molecule has 0 heterocycles. The van der Waals surface area contributed by atoms with Gasteiger partial charge in [-0.25, -0.2) is 0 Å². The van der Waals surface area contributed by atoms with Crippen molar-refractivity contribution < 1.29 is 9.47 Å². The predicted molar refractivity (Wildman–Crippen MR) is 75.3 cm³/mol. The van der Waals surface area contributed by atoms with Crippen LogP contribution in [0.1, 0.15) is 39.3 Å². The predicted octanol–water partition coefficient (Wildman–Crippen LogP) is 3.55. The van der Waals surface area contributed by atoms with Gasteiger partial charge in [-0.2, -0.15) is 0 Å². The van der Waals surface area contributed by atoms with Gasteiger partial charge in [-0.1, -0.05) is 11.6 Å². The highest BCUT2D eigenvalue weighted by molar-refractivity contribution is 6.30. The lowest BCUT2D eigenvalue weighted by Crippen LogP contribution is -2.22. The number of hydrogen-bond donors (Lipinski definition) is 1. The topological polar surface area (TPSA) is 44.5 Å². The molecule has 0 saturated heterocycles. The van der Waals surface area contributed by atoms with Crippen molar-refractivity contribution >= 4 is 11.6 Å². The SMILES string of the molecule is C[C@@H](N)c1cc(Cl)ccc1OCCOC(C)(C)C. The van der Waals surface area contributed by atoms with Crippen molar-refractivity contribution in [2.24, 2.45) is 5.73 Å². The molecule has 0 bridgehead atoms. The number of rotatable bonds is 5. The van der Waals surface area contributed by atoms with Gasteiger partial charge in [-0.05, 0) is 45.9 Å². The van der Waals surface area contributed by atoms with Gasteiger partial charge >= 0.3 is 0 Å². The second-order valence-corrected chi connectivity index (χ2v) is 5.72. The van der Waals surface area contributed by atoms with Crippen LogP contribution < -0.4 is 10.5 Å². The highest BCUT2D eigenvalue weighted by Crippen LogP contribution is 2.27. The molecule has 0 aliphatic rings. The van der Waals surface area contributed by atoms with Crippen LogP contribution in [0.4, 0.5) is 0 Å². The quantitative estimate of drug-likeness (QED) is 0.833. The summed E-state index contributed by atoms with van der Waals surface area (Å²) in [5, 5.41) is 0.667. The third-order valence-corrected chi connectivity index (χ3v) is 2.57. The smallest absolute Gasteiger partial charge is 0.124 e. The summed E-state index contributed by atoms with van der Waals surface area (Å²) in [6.07, 6.45) is 0. The van der Waals surface area contributed by atoms with Gasteiger partial charge in [0.15, 0.2) is 0 Å². The normalized spacial score (nSPS) is 13.4. The average Bonchev–Trinajstić information content (AvgIpc) is 2.24. The number of halogens is 1. The van der Waals surface area contributed by atoms with Gasteiger partial charge in [0.2, 0.25) is 0 Å². The maximum atomic E-state index is 5.95. The molecule has 18 heavy (non-hydrogen) atoms. The van der Waals surface area contributed by atoms with Gasteiger partial charge in [0.25, 0.3) is 0 Å². The van der Waals surface area contributed by atoms with Crippen molar-refractivity contribution in [1.29, 1.82) is 0 Å². The summed E-state index contributed by atoms with van der Waals surface area (Å²) in [6, 6.07) is 5.37. The molecule has 102 valence electrons. The van der Waals surface area contributed by atoms with Crippen LogP contribution in [-0.2, 0) is 4.74 Å². The first kappa shape index (κ1) is 15.3. The van der Waals surface area contributed by atoms with Crippen molar-refractivity contribution in [3.05, 3.63) is 28.8 Å². The lowest BCUT2D eigenvalue weighted by molar-refractivity contribution is -0.0164. The van der Waals surface area contributed by atoms with Crippen LogP contribution in [-0.4, -0.2) is 18.8 Å². The van der Waals surface area contributed by atoms with Gasteiger partial charge in [-0.15, -0.1) is 0 Å². The molecule has 0 aliphatic heterocycles. The molecule has 0 saturated carbocycles. The molecule has 0 unspecified atom stereocenters. The summed E-state index contributed by atoms with van der Waals surface area (Å²) >= 11 is 5.95. The van der Waals surface area contributed by atoms with E-state index < -0.39 is 0 Å². The molecule has 0 radical (unpaired) electrons. The monoisotopic (exact) mass is 271 g/mol. The first-order chi connectivity index (χ1) is 8.29. The van der Waals surface area contributed by atoms with E-state index in [-0.39, 0.29) is 11.6 Å². The van der Waals surface area contributed by atoms with Crippen LogP contribution in [0.25, 0.3) is 0 Å². The zero-order valence-corrected chi connectivity index (χ0v) is 12.3. The van der Waals surface area contributed by atoms with Crippen LogP contribution in [0, 0.1) is 0 Å². The van der Waals surface area contributed by atoms with E-state index in [9.17, 15) is 0 Å². The number of hydrogen-bond acceptors (Lipinski definition) is 3. The highest BCUT2D eigenvalue weighted by Gasteiger charge is 2.11. The molecule has 0 fully saturated rings. The molecule has 2 N–H and O–H groups in total. The van der Waals surface area contributed by atoms with E-state index >= 15 is 0 Å². The van der Waals surface area contributed by atoms with Crippen molar-refractivity contribution in [1.82, 2.24) is 0 Å². The summed E-state index contributed by atoms with van der Waals surface area (Å²) in [5.74, 6) is 0.770. The zero-order valence-electron chi connectivity index (χ0n) is 11.5. The standard InChI is InChI=1S/C14H22ClNO2/c1-10(16)12-9-11(15)5-6-13(12)17-7-8-18-14(2,3)4/h5-6,9-10H,7-8,16H2,1-4H3/t10-/m1/s1. The Bertz CT molecular complexity index is 386. The minimum absolute atomic E-state index is 0.109. The molecule has 1 aromatic rings. The van der Waals surface area contributed by atoms with Gasteiger partial charge in [0.1, 0.15) is 12.4 Å². The largest absolute Gasteiger partial charge is 0.491 e. The Morgan fingerprint density at radius 3 is 2.50 bits per heavy atom. The fourth-order valence-electron chi connectivity index (χ4n) is 1.51. The molecular formula is C14H22ClNO2. The van der Waals surface area contributed by atoms with Gasteiger partial charge < -0.3 is 15.2 Å². The fourth-order valence-corrected chi connectivity index (χ4v) is 1.69. The Morgan fingerprint density at radius 1 is 1.28 bits per heavy atom. The number of ether oxygens (including phenoxy) is 2. The number of nitrogens with two attached hydrogens (primary N) is 1. The summed E-state index contributed by atoms with van der Waals surface area (Å²) in [5.41, 5.74) is 6.66. The molecule has 4 heteroatoms. The van der Waals surface area contributed by atoms with E-state index in [0.29, 0.717) is 18.2 Å². The van der Waals surface area contributed by atoms with E-state index in [1.807, 2.05) is 39.8 Å². The van der Waals surface area contributed by atoms with E-state index in [2.05, 4.69) is 0 Å². The zero-order chi connectivity index (χ0) is 13.8. The van der Waals surface area contributed by atoms with Crippen molar-refractivity contribution in [2.75, 3.05) is 13.2 Å². The second-order valence-electron chi connectivity index (χ2n) is 5.28. The molecule has 0 spiro atoms. The van der Waals surface area contributed by atoms with Crippen LogP contribution in [0.5, 0.6) is 5.75 Å². The van der Waals surface area contributed by atoms with Crippen LogP contribution in [0.15, 0.2) is 18.2 Å². The molecule has 0 amide bonds. The summed E-state index contributed by atoms with van der Waals surface area (Å²) in [4.78, 5) is 0. The summed E-state index contributed by atoms with van der Waals surface area (Å²) < 4.78 is 11.3. The molecule has 0 aliphatic carbocycles. The Kier molecular flexibility index (Phi) is 5.45. The van der Waals surface area contributed by atoms with Crippen LogP contribution in [0.3, 0.4) is 0 Å². The van der Waals surface area contributed by atoms with Crippen molar-refractivity contribution in [3.63, 3.8) is 0 Å². The third-order valence-electron chi connectivity index (χ3n) is 2.34. The first-order valence-electron chi connectivity index (χ1n) is 6.11. The number of benzene rings is 1. The minimum Gasteiger partial charge on any atom is -0.491 e. The average molecular weight is 272 g/mol. The van der Waals surface area contributed by atoms with Gasteiger partial charge in [0, 0.05) is 16.6 Å². The van der Waals surface area contributed by atoms with Crippen LogP contribution in [0.2, 0.25) is 5.02 Å². The van der Waals surface area contributed by atoms with Gasteiger partial charge in [0.05, 0.1) is 12.2 Å². The Hall–Kier alpha value is -0.770. The summed E-state index contributed by atoms with van der Waals surface area (Å²) in [6.45, 7) is 9.00. The highest BCUT2D eigenvalue weighted by atomic mass is 35.5. The molecule has 0 aromatic heterocycles. The maximum absolute atomic E-state index is 5.95. The Labute approximate surface area is 114 Å². The van der Waals surface area contributed by atoms with E-state index in [4.69, 9.17) is 26.8 Å². The summed E-state index contributed by atoms with van der Waals surface area (Å²) in [7, 11) is 0. The van der Waals surface area contributed by atoms with Crippen LogP contribution >= 0.6 is 11.6 Å². The fraction of sp³-hybridized carbons (Fsp3) is 0.571. The van der Waals surface area contributed by atoms with E-state index in [0.717, 1.165) is 11.3 Å². The molecular weight excluding hydrogens is 250 g/mol. The maximum Gasteiger partial charge on any atom is 0.124 e. The lowest BCUT2D eigenvalue weighted by Gasteiger charge is -2.20. The van der Waals surface area contributed by atoms with Crippen molar-refractivity contribution in [2.45, 2.75) is 39.3 Å². The van der Waals surface area contributed by atoms with E-state index in [1.165, 1.54) is 0 Å². The lowest BCUT2D eigenvalue weighted by atomic mass is 10.1. The third kappa shape index (κ3) is 5.25. The minimum atomic E-state index is -0.145. The molecule has 1 rings (SSSR count). The second kappa shape index (κ2) is 6.41. The van der Waals surface area contributed by atoms with Crippen molar-refractivity contribution in [3.8, 4) is 5.75 Å². The molecule has 3 nitrogen and oxygen atoms in total. The first-order valence-corrected chi connectivity index (χ1v) is 6.49. The van der Waals surface area contributed by atoms with Gasteiger partial charge in [-0.3, -0.25) is 0 Å². The Morgan fingerprint density at radius 2 is 1.94 bits per heavy atom. The van der Waals surface area contributed by atoms with E-state index in [1.54, 1.807) is 6.07 Å². The molecule has 1 aromatic carbocycles. The Balaban J connectivity index is 2.57.